The first kappa shape index (κ1) is 15.0. The summed E-state index contributed by atoms with van der Waals surface area (Å²) in [6, 6.07) is 0. The van der Waals surface area contributed by atoms with Crippen LogP contribution in [0.1, 0.15) is 32.1 Å². The van der Waals surface area contributed by atoms with E-state index in [9.17, 15) is 13.2 Å². The highest BCUT2D eigenvalue weighted by atomic mass is 32.2. The molecule has 5 nitrogen and oxygen atoms in total. The van der Waals surface area contributed by atoms with E-state index < -0.39 is 10.1 Å². The van der Waals surface area contributed by atoms with Crippen LogP contribution in [0.15, 0.2) is 12.2 Å². The molecule has 1 saturated heterocycles. The topological polar surface area (TPSA) is 63.7 Å². The van der Waals surface area contributed by atoms with Gasteiger partial charge in [-0.1, -0.05) is 12.2 Å². The third-order valence-corrected chi connectivity index (χ3v) is 5.52. The zero-order valence-electron chi connectivity index (χ0n) is 12.4. The largest absolute Gasteiger partial charge is 0.340 e. The predicted molar refractivity (Wildman–Crippen MR) is 79.0 cm³/mol. The zero-order valence-corrected chi connectivity index (χ0v) is 13.2. The van der Waals surface area contributed by atoms with Crippen LogP contribution in [0.4, 0.5) is 0 Å². The van der Waals surface area contributed by atoms with Crippen LogP contribution in [-0.2, 0) is 19.1 Å². The molecule has 0 aromatic rings. The van der Waals surface area contributed by atoms with Gasteiger partial charge in [-0.05, 0) is 43.9 Å². The zero-order chi connectivity index (χ0) is 15.0. The van der Waals surface area contributed by atoms with Gasteiger partial charge in [0.15, 0.2) is 0 Å². The maximum absolute atomic E-state index is 12.7. The van der Waals surface area contributed by atoms with Crippen LogP contribution in [0.3, 0.4) is 0 Å². The van der Waals surface area contributed by atoms with Crippen molar-refractivity contribution in [2.45, 2.75) is 38.2 Å². The Hall–Kier alpha value is -0.880. The number of fused-ring (bicyclic) bond motifs is 2. The summed E-state index contributed by atoms with van der Waals surface area (Å²) < 4.78 is 27.6. The molecule has 21 heavy (non-hydrogen) atoms. The molecule has 0 aromatic heterocycles. The summed E-state index contributed by atoms with van der Waals surface area (Å²) in [4.78, 5) is 14.6. The van der Waals surface area contributed by atoms with Crippen molar-refractivity contribution in [3.05, 3.63) is 12.2 Å². The van der Waals surface area contributed by atoms with Gasteiger partial charge in [-0.2, -0.15) is 8.42 Å². The first-order valence-electron chi connectivity index (χ1n) is 7.76. The summed E-state index contributed by atoms with van der Waals surface area (Å²) in [6.45, 7) is 1.14. The van der Waals surface area contributed by atoms with Gasteiger partial charge in [0, 0.05) is 19.0 Å². The van der Waals surface area contributed by atoms with Crippen LogP contribution in [0.2, 0.25) is 0 Å². The molecule has 4 atom stereocenters. The molecule has 1 saturated carbocycles. The van der Waals surface area contributed by atoms with Crippen molar-refractivity contribution < 1.29 is 17.4 Å². The molecule has 118 valence electrons. The molecular weight excluding hydrogens is 290 g/mol. The molecule has 2 aliphatic carbocycles. The standard InChI is InChI=1S/C15H23NO4S/c1-21(18,19)20-13-6-3-7-16(10-13)15(17)14-9-11-4-2-5-12(14)8-11/h2,4,11-14H,3,5-10H2,1H3/t11?,12?,13-,14?/m0/s1. The molecule has 0 aromatic carbocycles. The highest BCUT2D eigenvalue weighted by molar-refractivity contribution is 7.86. The number of carbonyl (C=O) groups excluding carboxylic acids is 1. The number of nitrogens with zero attached hydrogens (tertiary/aromatic N) is 1. The fourth-order valence-corrected chi connectivity index (χ4v) is 4.68. The van der Waals surface area contributed by atoms with Crippen molar-refractivity contribution in [3.8, 4) is 0 Å². The lowest BCUT2D eigenvalue weighted by Gasteiger charge is -2.34. The van der Waals surface area contributed by atoms with Crippen molar-refractivity contribution in [1.82, 2.24) is 4.90 Å². The molecule has 6 heteroatoms. The van der Waals surface area contributed by atoms with Crippen molar-refractivity contribution in [1.29, 1.82) is 0 Å². The second-order valence-electron chi connectivity index (χ2n) is 6.61. The number of hydrogen-bond acceptors (Lipinski definition) is 4. The Kier molecular flexibility index (Phi) is 4.10. The highest BCUT2D eigenvalue weighted by Gasteiger charge is 2.41. The van der Waals surface area contributed by atoms with E-state index in [1.54, 1.807) is 0 Å². The first-order chi connectivity index (χ1) is 9.92. The van der Waals surface area contributed by atoms with Crippen LogP contribution >= 0.6 is 0 Å². The average molecular weight is 313 g/mol. The van der Waals surface area contributed by atoms with Crippen molar-refractivity contribution >= 4 is 16.0 Å². The van der Waals surface area contributed by atoms with Crippen molar-refractivity contribution in [3.63, 3.8) is 0 Å². The molecule has 0 N–H and O–H groups in total. The number of amides is 1. The molecule has 3 rings (SSSR count). The molecule has 1 aliphatic heterocycles. The number of carbonyl (C=O) groups is 1. The second kappa shape index (κ2) is 5.72. The minimum absolute atomic E-state index is 0.113. The summed E-state index contributed by atoms with van der Waals surface area (Å²) in [6.07, 6.45) is 9.74. The number of hydrogen-bond donors (Lipinski definition) is 0. The van der Waals surface area contributed by atoms with Crippen molar-refractivity contribution in [2.75, 3.05) is 19.3 Å². The van der Waals surface area contributed by atoms with E-state index in [0.29, 0.717) is 24.8 Å². The van der Waals surface area contributed by atoms with E-state index in [2.05, 4.69) is 12.2 Å². The Bertz CT molecular complexity index is 542. The maximum atomic E-state index is 12.7. The van der Waals surface area contributed by atoms with Gasteiger partial charge in [0.05, 0.1) is 12.4 Å². The lowest BCUT2D eigenvalue weighted by molar-refractivity contribution is -0.139. The van der Waals surface area contributed by atoms with Gasteiger partial charge in [0.2, 0.25) is 5.91 Å². The lowest BCUT2D eigenvalue weighted by atomic mass is 9.90. The van der Waals surface area contributed by atoms with Crippen LogP contribution < -0.4 is 0 Å². The number of likely N-dealkylation sites (tertiary alicyclic amines) is 1. The Labute approximate surface area is 126 Å². The summed E-state index contributed by atoms with van der Waals surface area (Å²) in [5.74, 6) is 1.35. The van der Waals surface area contributed by atoms with Crippen LogP contribution in [0, 0.1) is 17.8 Å². The Balaban J connectivity index is 1.62. The molecule has 1 amide bonds. The van der Waals surface area contributed by atoms with Gasteiger partial charge in [-0.15, -0.1) is 0 Å². The van der Waals surface area contributed by atoms with Gasteiger partial charge >= 0.3 is 0 Å². The molecule has 0 spiro atoms. The summed E-state index contributed by atoms with van der Waals surface area (Å²) in [7, 11) is -3.45. The number of allylic oxidation sites excluding steroid dienone is 2. The molecule has 1 heterocycles. The normalized spacial score (nSPS) is 36.0. The maximum Gasteiger partial charge on any atom is 0.264 e. The smallest absolute Gasteiger partial charge is 0.264 e. The Morgan fingerprint density at radius 3 is 2.86 bits per heavy atom. The number of rotatable bonds is 3. The second-order valence-corrected chi connectivity index (χ2v) is 8.21. The Morgan fingerprint density at radius 1 is 1.33 bits per heavy atom. The SMILES string of the molecule is CS(=O)(=O)O[C@H]1CCCN(C(=O)C2CC3C=CCC2C3)C1. The van der Waals surface area contributed by atoms with E-state index in [1.165, 1.54) is 0 Å². The molecule has 0 radical (unpaired) electrons. The third kappa shape index (κ3) is 3.48. The van der Waals surface area contributed by atoms with E-state index in [0.717, 1.165) is 38.5 Å². The van der Waals surface area contributed by atoms with E-state index >= 15 is 0 Å². The summed E-state index contributed by atoms with van der Waals surface area (Å²) >= 11 is 0. The summed E-state index contributed by atoms with van der Waals surface area (Å²) in [5.41, 5.74) is 0. The average Bonchev–Trinajstić information content (AvgIpc) is 2.71. The molecular formula is C15H23NO4S. The molecule has 3 unspecified atom stereocenters. The molecule has 2 bridgehead atoms. The highest BCUT2D eigenvalue weighted by Crippen LogP contribution is 2.43. The van der Waals surface area contributed by atoms with E-state index in [4.69, 9.17) is 4.18 Å². The molecule has 3 aliphatic rings. The van der Waals surface area contributed by atoms with E-state index in [-0.39, 0.29) is 17.9 Å². The van der Waals surface area contributed by atoms with E-state index in [1.807, 2.05) is 4.90 Å². The predicted octanol–water partition coefficient (Wildman–Crippen LogP) is 1.56. The van der Waals surface area contributed by atoms with Gasteiger partial charge in [0.1, 0.15) is 0 Å². The fourth-order valence-electron chi connectivity index (χ4n) is 4.03. The van der Waals surface area contributed by atoms with Crippen LogP contribution in [0.5, 0.6) is 0 Å². The minimum Gasteiger partial charge on any atom is -0.340 e. The minimum atomic E-state index is -3.45. The summed E-state index contributed by atoms with van der Waals surface area (Å²) in [5, 5.41) is 0. The number of piperidine rings is 1. The fraction of sp³-hybridized carbons (Fsp3) is 0.800. The van der Waals surface area contributed by atoms with Gasteiger partial charge < -0.3 is 4.90 Å². The van der Waals surface area contributed by atoms with Gasteiger partial charge in [-0.25, -0.2) is 0 Å². The Morgan fingerprint density at radius 2 is 2.14 bits per heavy atom. The van der Waals surface area contributed by atoms with Gasteiger partial charge in [-0.3, -0.25) is 8.98 Å². The first-order valence-corrected chi connectivity index (χ1v) is 9.58. The van der Waals surface area contributed by atoms with Crippen LogP contribution in [-0.4, -0.2) is 44.7 Å². The third-order valence-electron chi connectivity index (χ3n) is 4.90. The van der Waals surface area contributed by atoms with Crippen LogP contribution in [0.25, 0.3) is 0 Å². The lowest BCUT2D eigenvalue weighted by Crippen LogP contribution is -2.46. The van der Waals surface area contributed by atoms with Crippen molar-refractivity contribution in [2.24, 2.45) is 17.8 Å². The quantitative estimate of drug-likeness (QED) is 0.586. The monoisotopic (exact) mass is 313 g/mol. The van der Waals surface area contributed by atoms with Gasteiger partial charge in [0.25, 0.3) is 10.1 Å². The molecule has 2 fully saturated rings.